The Morgan fingerprint density at radius 1 is 1.38 bits per heavy atom. The molecule has 0 aromatic carbocycles. The van der Waals surface area contributed by atoms with Crippen LogP contribution in [0, 0.1) is 6.92 Å². The number of hydrogen-bond donors (Lipinski definition) is 0. The van der Waals surface area contributed by atoms with E-state index in [2.05, 4.69) is 34.3 Å². The van der Waals surface area contributed by atoms with Crippen LogP contribution >= 0.6 is 0 Å². The average Bonchev–Trinajstić information content (AvgIpc) is 3.23. The summed E-state index contributed by atoms with van der Waals surface area (Å²) in [5, 5.41) is 12.3. The molecule has 2 fully saturated rings. The number of morpholine rings is 1. The Morgan fingerprint density at radius 3 is 2.96 bits per heavy atom. The minimum atomic E-state index is -0.283. The predicted octanol–water partition coefficient (Wildman–Crippen LogP) is 1.40. The van der Waals surface area contributed by atoms with Gasteiger partial charge in [-0.15, -0.1) is 0 Å². The lowest BCUT2D eigenvalue weighted by Crippen LogP contribution is -2.58. The average molecular weight is 333 g/mol. The smallest absolute Gasteiger partial charge is 0.246 e. The number of tetrazole rings is 1. The van der Waals surface area contributed by atoms with Gasteiger partial charge in [0.1, 0.15) is 17.9 Å². The topological polar surface area (TPSA) is 78.4 Å². The van der Waals surface area contributed by atoms with E-state index >= 15 is 0 Å². The van der Waals surface area contributed by atoms with Crippen LogP contribution in [-0.4, -0.2) is 57.7 Å². The van der Waals surface area contributed by atoms with E-state index in [1.807, 2.05) is 13.0 Å². The van der Waals surface area contributed by atoms with Gasteiger partial charge in [-0.3, -0.25) is 0 Å². The first-order valence-electron chi connectivity index (χ1n) is 8.41. The molecule has 130 valence electrons. The highest BCUT2D eigenvalue weighted by Crippen LogP contribution is 2.36. The van der Waals surface area contributed by atoms with Crippen molar-refractivity contribution in [2.75, 3.05) is 24.6 Å². The second kappa shape index (κ2) is 5.86. The van der Waals surface area contributed by atoms with Crippen molar-refractivity contribution >= 4 is 5.95 Å². The van der Waals surface area contributed by atoms with Crippen LogP contribution in [0.1, 0.15) is 31.6 Å². The molecule has 0 saturated carbocycles. The van der Waals surface area contributed by atoms with Crippen LogP contribution in [0.4, 0.5) is 5.95 Å². The quantitative estimate of drug-likeness (QED) is 0.840. The van der Waals surface area contributed by atoms with E-state index in [1.165, 1.54) is 0 Å². The molecule has 0 aliphatic carbocycles. The molecule has 8 nitrogen and oxygen atoms in total. The lowest BCUT2D eigenvalue weighted by Gasteiger charge is -2.45. The molecule has 8 heteroatoms. The van der Waals surface area contributed by atoms with E-state index in [0.717, 1.165) is 43.4 Å². The van der Waals surface area contributed by atoms with Gasteiger partial charge in [-0.25, -0.2) is 4.68 Å². The van der Waals surface area contributed by atoms with E-state index in [9.17, 15) is 0 Å². The summed E-state index contributed by atoms with van der Waals surface area (Å²) in [6, 6.07) is 1.95. The zero-order chi connectivity index (χ0) is 16.7. The van der Waals surface area contributed by atoms with Crippen molar-refractivity contribution in [1.82, 2.24) is 20.2 Å². The molecule has 0 amide bonds. The Bertz CT molecular complexity index is 714. The van der Waals surface area contributed by atoms with Crippen molar-refractivity contribution in [3.05, 3.63) is 23.7 Å². The number of furan rings is 1. The normalized spacial score (nSPS) is 30.4. The Labute approximate surface area is 140 Å². The zero-order valence-electron chi connectivity index (χ0n) is 14.3. The Kier molecular flexibility index (Phi) is 3.80. The van der Waals surface area contributed by atoms with Gasteiger partial charge >= 0.3 is 0 Å². The highest BCUT2D eigenvalue weighted by atomic mass is 16.6. The molecule has 3 atom stereocenters. The fourth-order valence-electron chi connectivity index (χ4n) is 3.68. The molecule has 2 aliphatic rings. The highest BCUT2D eigenvalue weighted by Gasteiger charge is 2.48. The number of anilines is 1. The summed E-state index contributed by atoms with van der Waals surface area (Å²) in [6.45, 7) is 8.93. The molecule has 1 spiro atoms. The first-order valence-corrected chi connectivity index (χ1v) is 8.41. The number of rotatable bonds is 3. The van der Waals surface area contributed by atoms with E-state index < -0.39 is 0 Å². The minimum Gasteiger partial charge on any atom is -0.467 e. The van der Waals surface area contributed by atoms with E-state index in [1.54, 1.807) is 10.9 Å². The third-order valence-corrected chi connectivity index (χ3v) is 5.06. The first-order chi connectivity index (χ1) is 11.6. The molecule has 2 aromatic rings. The van der Waals surface area contributed by atoms with Crippen molar-refractivity contribution < 1.29 is 13.9 Å². The molecular weight excluding hydrogens is 310 g/mol. The summed E-state index contributed by atoms with van der Waals surface area (Å²) in [5.41, 5.74) is 0.816. The van der Waals surface area contributed by atoms with Crippen molar-refractivity contribution in [2.45, 2.75) is 51.5 Å². The molecule has 2 aliphatic heterocycles. The van der Waals surface area contributed by atoms with Crippen molar-refractivity contribution in [1.29, 1.82) is 0 Å². The molecule has 3 unspecified atom stereocenters. The van der Waals surface area contributed by atoms with Crippen LogP contribution < -0.4 is 4.90 Å². The largest absolute Gasteiger partial charge is 0.467 e. The van der Waals surface area contributed by atoms with Crippen molar-refractivity contribution in [2.24, 2.45) is 0 Å². The fourth-order valence-corrected chi connectivity index (χ4v) is 3.68. The summed E-state index contributed by atoms with van der Waals surface area (Å²) in [5.74, 6) is 1.62. The van der Waals surface area contributed by atoms with Crippen LogP contribution in [0.15, 0.2) is 16.7 Å². The SMILES string of the molecule is Cc1ccoc1Cn1nnnc1N1CC(C)OC2(CCOC2C)C1. The molecule has 24 heavy (non-hydrogen) atoms. The van der Waals surface area contributed by atoms with Crippen LogP contribution in [0.25, 0.3) is 0 Å². The standard InChI is InChI=1S/C16H23N5O3/c1-11-4-6-23-14(11)9-21-15(17-18-19-21)20-8-12(2)24-16(10-20)5-7-22-13(16)3/h4,6,12-13H,5,7-10H2,1-3H3. The van der Waals surface area contributed by atoms with Crippen LogP contribution in [0.5, 0.6) is 0 Å². The van der Waals surface area contributed by atoms with Crippen molar-refractivity contribution in [3.63, 3.8) is 0 Å². The van der Waals surface area contributed by atoms with E-state index in [4.69, 9.17) is 13.9 Å². The lowest BCUT2D eigenvalue weighted by molar-refractivity contribution is -0.127. The van der Waals surface area contributed by atoms with Gasteiger partial charge < -0.3 is 18.8 Å². The first kappa shape index (κ1) is 15.6. The van der Waals surface area contributed by atoms with E-state index in [0.29, 0.717) is 6.54 Å². The molecule has 0 N–H and O–H groups in total. The monoisotopic (exact) mass is 333 g/mol. The zero-order valence-corrected chi connectivity index (χ0v) is 14.3. The number of aryl methyl sites for hydroxylation is 1. The molecule has 2 saturated heterocycles. The van der Waals surface area contributed by atoms with Gasteiger partial charge in [-0.05, 0) is 42.8 Å². The van der Waals surface area contributed by atoms with Crippen molar-refractivity contribution in [3.8, 4) is 0 Å². The molecule has 2 aromatic heterocycles. The summed E-state index contributed by atoms with van der Waals surface area (Å²) in [6.07, 6.45) is 2.75. The maximum absolute atomic E-state index is 6.28. The summed E-state index contributed by atoms with van der Waals surface area (Å²) >= 11 is 0. The number of nitrogens with zero attached hydrogens (tertiary/aromatic N) is 5. The second-order valence-electron chi connectivity index (χ2n) is 6.80. The van der Waals surface area contributed by atoms with Gasteiger partial charge in [0.2, 0.25) is 5.95 Å². The Hall–Kier alpha value is -1.93. The molecule has 4 rings (SSSR count). The Balaban J connectivity index is 1.60. The van der Waals surface area contributed by atoms with Gasteiger partial charge in [-0.1, -0.05) is 5.10 Å². The van der Waals surface area contributed by atoms with E-state index in [-0.39, 0.29) is 17.8 Å². The van der Waals surface area contributed by atoms with Gasteiger partial charge in [0.25, 0.3) is 0 Å². The number of aromatic nitrogens is 4. The number of ether oxygens (including phenoxy) is 2. The maximum atomic E-state index is 6.28. The van der Waals surface area contributed by atoms with Gasteiger partial charge in [0.15, 0.2) is 0 Å². The summed E-state index contributed by atoms with van der Waals surface area (Å²) < 4.78 is 19.4. The molecular formula is C16H23N5O3. The second-order valence-corrected chi connectivity index (χ2v) is 6.80. The lowest BCUT2D eigenvalue weighted by atomic mass is 9.93. The molecule has 0 bridgehead atoms. The maximum Gasteiger partial charge on any atom is 0.246 e. The van der Waals surface area contributed by atoms with Crippen LogP contribution in [-0.2, 0) is 16.0 Å². The summed E-state index contributed by atoms with van der Waals surface area (Å²) in [7, 11) is 0. The van der Waals surface area contributed by atoms with Gasteiger partial charge in [0.05, 0.1) is 25.0 Å². The van der Waals surface area contributed by atoms with Gasteiger partial charge in [0, 0.05) is 19.6 Å². The van der Waals surface area contributed by atoms with Crippen LogP contribution in [0.3, 0.4) is 0 Å². The third kappa shape index (κ3) is 2.59. The fraction of sp³-hybridized carbons (Fsp3) is 0.688. The summed E-state index contributed by atoms with van der Waals surface area (Å²) in [4.78, 5) is 2.21. The third-order valence-electron chi connectivity index (χ3n) is 5.06. The minimum absolute atomic E-state index is 0.0689. The predicted molar refractivity (Wildman–Crippen MR) is 85.9 cm³/mol. The Morgan fingerprint density at radius 2 is 2.25 bits per heavy atom. The molecule has 0 radical (unpaired) electrons. The van der Waals surface area contributed by atoms with Gasteiger partial charge in [-0.2, -0.15) is 0 Å². The highest BCUT2D eigenvalue weighted by molar-refractivity contribution is 5.32. The van der Waals surface area contributed by atoms with Crippen LogP contribution in [0.2, 0.25) is 0 Å². The molecule has 4 heterocycles. The number of hydrogen-bond acceptors (Lipinski definition) is 7.